The highest BCUT2D eigenvalue weighted by Gasteiger charge is 2.38. The van der Waals surface area contributed by atoms with E-state index in [2.05, 4.69) is 34.0 Å². The second-order valence-corrected chi connectivity index (χ2v) is 12.6. The fourth-order valence-electron chi connectivity index (χ4n) is 5.17. The van der Waals surface area contributed by atoms with E-state index in [1.54, 1.807) is 0 Å². The summed E-state index contributed by atoms with van der Waals surface area (Å²) in [4.78, 5) is 53.8. The van der Waals surface area contributed by atoms with Gasteiger partial charge in [-0.25, -0.2) is 18.4 Å². The molecule has 0 amide bonds. The molecule has 3 rings (SSSR count). The lowest BCUT2D eigenvalue weighted by Gasteiger charge is -2.28. The van der Waals surface area contributed by atoms with Crippen LogP contribution in [0.15, 0.2) is 40.9 Å². The molecular formula is C37H57F2N6O9+. The smallest absolute Gasteiger partial charge is 0.306 e. The number of quaternary nitrogens is 1. The molecule has 1 aliphatic heterocycles. The number of ether oxygens (including phenoxy) is 3. The molecule has 2 unspecified atom stereocenters. The summed E-state index contributed by atoms with van der Waals surface area (Å²) in [6.45, 7) is 3.74. The number of carboxylic acids is 1. The van der Waals surface area contributed by atoms with E-state index >= 15 is 0 Å². The van der Waals surface area contributed by atoms with Crippen molar-refractivity contribution in [3.63, 3.8) is 0 Å². The lowest BCUT2D eigenvalue weighted by atomic mass is 9.92. The zero-order chi connectivity index (χ0) is 38.9. The van der Waals surface area contributed by atoms with E-state index in [9.17, 15) is 33.1 Å². The van der Waals surface area contributed by atoms with E-state index in [1.807, 2.05) is 0 Å². The fraction of sp³-hybridized carbons (Fsp3) is 0.622. The van der Waals surface area contributed by atoms with Gasteiger partial charge in [0.05, 0.1) is 19.4 Å². The largest absolute Gasteiger partial charge is 0.481 e. The fourth-order valence-corrected chi connectivity index (χ4v) is 5.17. The molecule has 0 fully saturated rings. The molecule has 0 saturated carbocycles. The van der Waals surface area contributed by atoms with Crippen LogP contribution in [0.4, 0.5) is 8.78 Å². The first kappa shape index (κ1) is 47.4. The van der Waals surface area contributed by atoms with Gasteiger partial charge < -0.3 is 24.4 Å². The Kier molecular flexibility index (Phi) is 23.7. The number of halogens is 2. The first-order valence-corrected chi connectivity index (χ1v) is 18.1. The van der Waals surface area contributed by atoms with E-state index in [0.29, 0.717) is 5.01 Å². The molecule has 1 aromatic carbocycles. The Morgan fingerprint density at radius 2 is 1.48 bits per heavy atom. The molecule has 15 nitrogen and oxygen atoms in total. The Morgan fingerprint density at radius 3 is 1.98 bits per heavy atom. The van der Waals surface area contributed by atoms with Gasteiger partial charge in [0.1, 0.15) is 44.0 Å². The summed E-state index contributed by atoms with van der Waals surface area (Å²) >= 11 is 0. The number of aliphatic carboxylic acids is 1. The molecule has 2 aromatic rings. The summed E-state index contributed by atoms with van der Waals surface area (Å²) in [6.07, 6.45) is 14.5. The molecule has 1 aliphatic rings. The van der Waals surface area contributed by atoms with E-state index < -0.39 is 47.2 Å². The Hall–Kier alpha value is -4.64. The van der Waals surface area contributed by atoms with Crippen molar-refractivity contribution in [2.75, 3.05) is 19.8 Å². The van der Waals surface area contributed by atoms with Gasteiger partial charge >= 0.3 is 23.9 Å². The molecule has 17 heteroatoms. The van der Waals surface area contributed by atoms with Crippen LogP contribution in [-0.2, 0) is 45.5 Å². The predicted octanol–water partition coefficient (Wildman–Crippen LogP) is 4.52. The summed E-state index contributed by atoms with van der Waals surface area (Å²) in [6, 6.07) is 3.05. The van der Waals surface area contributed by atoms with Gasteiger partial charge in [0.15, 0.2) is 18.0 Å². The molecule has 2 atom stereocenters. The predicted molar refractivity (Wildman–Crippen MR) is 195 cm³/mol. The van der Waals surface area contributed by atoms with Crippen LogP contribution in [0.3, 0.4) is 0 Å². The second-order valence-electron chi connectivity index (χ2n) is 12.6. The number of rotatable bonds is 25. The van der Waals surface area contributed by atoms with E-state index in [-0.39, 0.29) is 65.0 Å². The lowest BCUT2D eigenvalue weighted by molar-refractivity contribution is -0.812. The van der Waals surface area contributed by atoms with E-state index in [4.69, 9.17) is 19.3 Å². The van der Waals surface area contributed by atoms with Crippen molar-refractivity contribution in [1.82, 2.24) is 14.8 Å². The summed E-state index contributed by atoms with van der Waals surface area (Å²) < 4.78 is 44.1. The molecule has 0 radical (unpaired) electrons. The number of hydrogen-bond donors (Lipinski definition) is 3. The number of benzene rings is 1. The standard InChI is InChI=1S/C23H40O8.C13H12F2N6O.CH4/c1-3-5-7-9-11-13-21(26)29-17-19(31-23(28)16-15-20(24)25)18-30-22(27)14-12-10-8-6-4-2;14-10-1-2-11(12(15)3-10)13(22,4-20-8-16-6-18-20)5-21-9-17-7-19-21;/h19H,3-18H2,1-2H3,(H,24,25);1-3,6-9,22H,4-5H2;1H4/p+1. The molecule has 0 aliphatic carbocycles. The second kappa shape index (κ2) is 27.0. The monoisotopic (exact) mass is 767 g/mol. The first-order valence-electron chi connectivity index (χ1n) is 18.1. The zero-order valence-corrected chi connectivity index (χ0v) is 30.6. The number of esters is 3. The number of nitrogens with one attached hydrogen (secondary N) is 1. The number of unbranched alkanes of at least 4 members (excludes halogenated alkanes) is 8. The van der Waals surface area contributed by atoms with Gasteiger partial charge in [-0.2, -0.15) is 15.1 Å². The van der Waals surface area contributed by atoms with Gasteiger partial charge in [0.25, 0.3) is 0 Å². The molecule has 0 bridgehead atoms. The van der Waals surface area contributed by atoms with E-state index in [0.717, 1.165) is 76.3 Å². The number of aliphatic hydroxyl groups is 1. The quantitative estimate of drug-likeness (QED) is 0.0730. The first-order chi connectivity index (χ1) is 25.4. The minimum atomic E-state index is -1.66. The van der Waals surface area contributed by atoms with Gasteiger partial charge in [-0.3, -0.25) is 19.2 Å². The third kappa shape index (κ3) is 20.0. The maximum Gasteiger partial charge on any atom is 0.306 e. The minimum absolute atomic E-state index is 0. The average molecular weight is 768 g/mol. The van der Waals surface area contributed by atoms with Crippen LogP contribution < -0.4 is 5.01 Å². The minimum Gasteiger partial charge on any atom is -0.481 e. The highest BCUT2D eigenvalue weighted by molar-refractivity contribution is 5.76. The van der Waals surface area contributed by atoms with Crippen molar-refractivity contribution in [2.24, 2.45) is 10.1 Å². The number of carboxylic acid groups (broad SMARTS) is 1. The number of nitrogens with zero attached hydrogens (tertiary/aromatic N) is 5. The number of aliphatic imine (C=N–C) groups is 1. The summed E-state index contributed by atoms with van der Waals surface area (Å²) in [5.74, 6) is -4.19. The van der Waals surface area contributed by atoms with Crippen molar-refractivity contribution in [3.05, 3.63) is 48.1 Å². The molecule has 0 saturated heterocycles. The van der Waals surface area contributed by atoms with Crippen molar-refractivity contribution < 1.29 is 57.4 Å². The number of aromatic nitrogens is 3. The summed E-state index contributed by atoms with van der Waals surface area (Å²) in [5.41, 5.74) is -1.69. The Balaban J connectivity index is 0.000000555. The molecule has 54 heavy (non-hydrogen) atoms. The van der Waals surface area contributed by atoms with Crippen LogP contribution in [0.1, 0.15) is 117 Å². The number of carbonyl (C=O) groups is 4. The molecular weight excluding hydrogens is 710 g/mol. The Morgan fingerprint density at radius 1 is 0.870 bits per heavy atom. The van der Waals surface area contributed by atoms with Gasteiger partial charge in [-0.05, 0) is 25.0 Å². The molecule has 3 N–H and O–H groups in total. The molecule has 0 spiro atoms. The van der Waals surface area contributed by atoms with Gasteiger partial charge in [0, 0.05) is 24.5 Å². The third-order valence-corrected chi connectivity index (χ3v) is 7.98. The lowest BCUT2D eigenvalue weighted by Crippen LogP contribution is -3.07. The third-order valence-electron chi connectivity index (χ3n) is 7.98. The molecule has 2 heterocycles. The van der Waals surface area contributed by atoms with Crippen molar-refractivity contribution in [2.45, 2.75) is 129 Å². The van der Waals surface area contributed by atoms with Crippen molar-refractivity contribution in [3.8, 4) is 0 Å². The van der Waals surface area contributed by atoms with Crippen LogP contribution in [0.25, 0.3) is 0 Å². The summed E-state index contributed by atoms with van der Waals surface area (Å²) in [5, 5.41) is 28.1. The van der Waals surface area contributed by atoms with Crippen LogP contribution in [-0.4, -0.2) is 87.4 Å². The van der Waals surface area contributed by atoms with Crippen LogP contribution in [0.2, 0.25) is 0 Å². The Bertz CT molecular complexity index is 1420. The zero-order valence-electron chi connectivity index (χ0n) is 30.6. The van der Waals surface area contributed by atoms with Crippen LogP contribution in [0.5, 0.6) is 0 Å². The highest BCUT2D eigenvalue weighted by atomic mass is 19.1. The molecule has 302 valence electrons. The van der Waals surface area contributed by atoms with E-state index in [1.165, 1.54) is 36.1 Å². The van der Waals surface area contributed by atoms with Crippen LogP contribution >= 0.6 is 0 Å². The van der Waals surface area contributed by atoms with Gasteiger partial charge in [-0.1, -0.05) is 77.7 Å². The van der Waals surface area contributed by atoms with Crippen LogP contribution in [0, 0.1) is 11.6 Å². The highest BCUT2D eigenvalue weighted by Crippen LogP contribution is 2.25. The van der Waals surface area contributed by atoms with Crippen molar-refractivity contribution >= 4 is 36.6 Å². The SMILES string of the molecule is C.CCCCCCCC(=O)OCC(COC(=O)CCCCCCC)OC(=O)CCC(=O)O.OC(Cn1cncn1)(C[NH+]1C=NC=N1)c1ccc(F)cc1F. The average Bonchev–Trinajstić information content (AvgIpc) is 3.83. The summed E-state index contributed by atoms with van der Waals surface area (Å²) in [7, 11) is 0. The number of carbonyl (C=O) groups excluding carboxylic acids is 3. The van der Waals surface area contributed by atoms with Crippen molar-refractivity contribution in [1.29, 1.82) is 0 Å². The number of hydrogen-bond acceptors (Lipinski definition) is 12. The van der Waals surface area contributed by atoms with Gasteiger partial charge in [-0.15, -0.1) is 0 Å². The maximum absolute atomic E-state index is 14.1. The van der Waals surface area contributed by atoms with Gasteiger partial charge in [0.2, 0.25) is 6.34 Å². The Labute approximate surface area is 315 Å². The normalized spacial score (nSPS) is 14.1. The topological polar surface area (TPSA) is 196 Å². The maximum atomic E-state index is 14.1. The molecule has 1 aromatic heterocycles.